The van der Waals surface area contributed by atoms with Crippen LogP contribution < -0.4 is 4.74 Å². The van der Waals surface area contributed by atoms with Crippen LogP contribution in [0.2, 0.25) is 0 Å². The summed E-state index contributed by atoms with van der Waals surface area (Å²) >= 11 is 0. The third-order valence-electron chi connectivity index (χ3n) is 2.76. The Morgan fingerprint density at radius 3 is 2.55 bits per heavy atom. The molecule has 2 unspecified atom stereocenters. The SMILES string of the molecule is CCC(C(=O)OC)C(O)c1cccc(OC(F)(F)F)c1. The Labute approximate surface area is 114 Å². The maximum atomic E-state index is 12.1. The molecule has 0 bridgehead atoms. The van der Waals surface area contributed by atoms with E-state index >= 15 is 0 Å². The quantitative estimate of drug-likeness (QED) is 0.848. The lowest BCUT2D eigenvalue weighted by Crippen LogP contribution is -2.23. The van der Waals surface area contributed by atoms with Gasteiger partial charge in [-0.05, 0) is 24.1 Å². The molecule has 0 aliphatic heterocycles. The summed E-state index contributed by atoms with van der Waals surface area (Å²) in [6, 6.07) is 4.88. The molecule has 0 saturated carbocycles. The van der Waals surface area contributed by atoms with E-state index in [0.717, 1.165) is 12.1 Å². The molecule has 0 heterocycles. The van der Waals surface area contributed by atoms with E-state index in [1.165, 1.54) is 19.2 Å². The molecule has 0 radical (unpaired) electrons. The van der Waals surface area contributed by atoms with Crippen molar-refractivity contribution in [3.63, 3.8) is 0 Å². The Balaban J connectivity index is 2.95. The van der Waals surface area contributed by atoms with Crippen molar-refractivity contribution in [2.24, 2.45) is 5.92 Å². The molecule has 2 atom stereocenters. The van der Waals surface area contributed by atoms with Crippen LogP contribution >= 0.6 is 0 Å². The van der Waals surface area contributed by atoms with Crippen LogP contribution in [-0.4, -0.2) is 24.5 Å². The maximum absolute atomic E-state index is 12.1. The first-order valence-corrected chi connectivity index (χ1v) is 5.90. The highest BCUT2D eigenvalue weighted by molar-refractivity contribution is 5.73. The number of alkyl halides is 3. The number of halogens is 3. The first-order chi connectivity index (χ1) is 9.28. The Morgan fingerprint density at radius 1 is 1.40 bits per heavy atom. The average Bonchev–Trinajstić information content (AvgIpc) is 2.37. The molecule has 0 aliphatic carbocycles. The Kier molecular flexibility index (Phi) is 5.38. The van der Waals surface area contributed by atoms with E-state index in [1.54, 1.807) is 6.92 Å². The van der Waals surface area contributed by atoms with Gasteiger partial charge in [0.05, 0.1) is 19.1 Å². The minimum atomic E-state index is -4.81. The van der Waals surface area contributed by atoms with Gasteiger partial charge in [0.15, 0.2) is 0 Å². The number of aliphatic hydroxyl groups is 1. The monoisotopic (exact) mass is 292 g/mol. The third-order valence-corrected chi connectivity index (χ3v) is 2.76. The summed E-state index contributed by atoms with van der Waals surface area (Å²) in [4.78, 5) is 11.5. The first kappa shape index (κ1) is 16.3. The fourth-order valence-corrected chi connectivity index (χ4v) is 1.80. The molecule has 0 aromatic heterocycles. The molecule has 0 fully saturated rings. The zero-order valence-electron chi connectivity index (χ0n) is 11.0. The summed E-state index contributed by atoms with van der Waals surface area (Å²) in [5, 5.41) is 10.1. The van der Waals surface area contributed by atoms with Crippen molar-refractivity contribution in [1.29, 1.82) is 0 Å². The number of methoxy groups -OCH3 is 1. The number of carbonyl (C=O) groups excluding carboxylic acids is 1. The maximum Gasteiger partial charge on any atom is 0.573 e. The van der Waals surface area contributed by atoms with Crippen molar-refractivity contribution in [1.82, 2.24) is 0 Å². The summed E-state index contributed by atoms with van der Waals surface area (Å²) < 4.78 is 44.7. The van der Waals surface area contributed by atoms with E-state index < -0.39 is 30.1 Å². The van der Waals surface area contributed by atoms with Crippen LogP contribution in [0.4, 0.5) is 13.2 Å². The van der Waals surface area contributed by atoms with Gasteiger partial charge in [0.25, 0.3) is 0 Å². The molecular weight excluding hydrogens is 277 g/mol. The van der Waals surface area contributed by atoms with Crippen molar-refractivity contribution >= 4 is 5.97 Å². The van der Waals surface area contributed by atoms with Gasteiger partial charge in [0, 0.05) is 0 Å². The highest BCUT2D eigenvalue weighted by Crippen LogP contribution is 2.30. The van der Waals surface area contributed by atoms with E-state index in [1.807, 2.05) is 0 Å². The fraction of sp³-hybridized carbons (Fsp3) is 0.462. The zero-order valence-corrected chi connectivity index (χ0v) is 11.0. The molecule has 20 heavy (non-hydrogen) atoms. The Hall–Kier alpha value is -1.76. The van der Waals surface area contributed by atoms with Gasteiger partial charge < -0.3 is 14.6 Å². The van der Waals surface area contributed by atoms with Crippen LogP contribution in [-0.2, 0) is 9.53 Å². The third kappa shape index (κ3) is 4.41. The minimum Gasteiger partial charge on any atom is -0.469 e. The predicted octanol–water partition coefficient (Wildman–Crippen LogP) is 2.82. The van der Waals surface area contributed by atoms with Crippen molar-refractivity contribution < 1.29 is 32.5 Å². The van der Waals surface area contributed by atoms with Crippen molar-refractivity contribution in [2.45, 2.75) is 25.8 Å². The number of carbonyl (C=O) groups is 1. The van der Waals surface area contributed by atoms with Crippen LogP contribution in [0.25, 0.3) is 0 Å². The number of benzene rings is 1. The molecular formula is C13H15F3O4. The van der Waals surface area contributed by atoms with Gasteiger partial charge in [-0.2, -0.15) is 0 Å². The Bertz CT molecular complexity index is 459. The highest BCUT2D eigenvalue weighted by atomic mass is 19.4. The number of esters is 1. The van der Waals surface area contributed by atoms with Gasteiger partial charge in [-0.1, -0.05) is 19.1 Å². The van der Waals surface area contributed by atoms with Crippen LogP contribution in [0, 0.1) is 5.92 Å². The number of ether oxygens (including phenoxy) is 2. The standard InChI is InChI=1S/C13H15F3O4/c1-3-10(12(18)19-2)11(17)8-5-4-6-9(7-8)20-13(14,15)16/h4-7,10-11,17H,3H2,1-2H3. The lowest BCUT2D eigenvalue weighted by atomic mass is 9.93. The molecule has 1 N–H and O–H groups in total. The molecule has 4 nitrogen and oxygen atoms in total. The van der Waals surface area contributed by atoms with Crippen LogP contribution in [0.5, 0.6) is 5.75 Å². The van der Waals surface area contributed by atoms with E-state index in [4.69, 9.17) is 0 Å². The second-order valence-electron chi connectivity index (χ2n) is 4.10. The summed E-state index contributed by atoms with van der Waals surface area (Å²) in [7, 11) is 1.18. The molecule has 7 heteroatoms. The van der Waals surface area contributed by atoms with Gasteiger partial charge in [-0.15, -0.1) is 13.2 Å². The molecule has 1 rings (SSSR count). The molecule has 0 saturated heterocycles. The minimum absolute atomic E-state index is 0.156. The molecule has 0 aliphatic rings. The zero-order chi connectivity index (χ0) is 15.3. The van der Waals surface area contributed by atoms with Gasteiger partial charge in [0.2, 0.25) is 0 Å². The molecule has 1 aromatic rings. The Morgan fingerprint density at radius 2 is 2.05 bits per heavy atom. The fourth-order valence-electron chi connectivity index (χ4n) is 1.80. The highest BCUT2D eigenvalue weighted by Gasteiger charge is 2.32. The first-order valence-electron chi connectivity index (χ1n) is 5.90. The lowest BCUT2D eigenvalue weighted by Gasteiger charge is -2.20. The van der Waals surface area contributed by atoms with Gasteiger partial charge in [0.1, 0.15) is 5.75 Å². The topological polar surface area (TPSA) is 55.8 Å². The second-order valence-corrected chi connectivity index (χ2v) is 4.10. The predicted molar refractivity (Wildman–Crippen MR) is 63.9 cm³/mol. The van der Waals surface area contributed by atoms with Crippen LogP contribution in [0.15, 0.2) is 24.3 Å². The molecule has 112 valence electrons. The van der Waals surface area contributed by atoms with Gasteiger partial charge >= 0.3 is 12.3 Å². The van der Waals surface area contributed by atoms with Crippen LogP contribution in [0.1, 0.15) is 25.0 Å². The van der Waals surface area contributed by atoms with Crippen molar-refractivity contribution in [2.75, 3.05) is 7.11 Å². The van der Waals surface area contributed by atoms with E-state index in [9.17, 15) is 23.1 Å². The van der Waals surface area contributed by atoms with Crippen molar-refractivity contribution in [3.05, 3.63) is 29.8 Å². The van der Waals surface area contributed by atoms with Crippen LogP contribution in [0.3, 0.4) is 0 Å². The lowest BCUT2D eigenvalue weighted by molar-refractivity contribution is -0.274. The van der Waals surface area contributed by atoms with Gasteiger partial charge in [-0.25, -0.2) is 0 Å². The molecule has 0 spiro atoms. The largest absolute Gasteiger partial charge is 0.573 e. The van der Waals surface area contributed by atoms with E-state index in [0.29, 0.717) is 0 Å². The summed E-state index contributed by atoms with van der Waals surface area (Å²) in [6.45, 7) is 1.67. The number of hydrogen-bond acceptors (Lipinski definition) is 4. The summed E-state index contributed by atoms with van der Waals surface area (Å²) in [5.74, 6) is -1.92. The molecule has 1 aromatic carbocycles. The summed E-state index contributed by atoms with van der Waals surface area (Å²) in [5.41, 5.74) is 0.156. The smallest absolute Gasteiger partial charge is 0.469 e. The van der Waals surface area contributed by atoms with E-state index in [2.05, 4.69) is 9.47 Å². The van der Waals surface area contributed by atoms with E-state index in [-0.39, 0.29) is 12.0 Å². The summed E-state index contributed by atoms with van der Waals surface area (Å²) in [6.07, 6.45) is -5.78. The normalized spacial score (nSPS) is 14.5. The number of aliphatic hydroxyl groups excluding tert-OH is 1. The van der Waals surface area contributed by atoms with Gasteiger partial charge in [-0.3, -0.25) is 4.79 Å². The average molecular weight is 292 g/mol. The van der Waals surface area contributed by atoms with Crippen molar-refractivity contribution in [3.8, 4) is 5.75 Å². The molecule has 0 amide bonds. The number of rotatable bonds is 5. The number of hydrogen-bond donors (Lipinski definition) is 1. The second kappa shape index (κ2) is 6.60.